The molecule has 2 amide bonds. The number of allylic oxidation sites excluding steroid dienone is 2. The van der Waals surface area contributed by atoms with Gasteiger partial charge >= 0.3 is 11.9 Å². The maximum Gasteiger partial charge on any atom is 0.318 e. The topological polar surface area (TPSA) is 80.8 Å². The summed E-state index contributed by atoms with van der Waals surface area (Å²) >= 11 is 0. The zero-order valence-electron chi connectivity index (χ0n) is 10.1. The molecule has 6 heteroatoms. The Kier molecular flexibility index (Phi) is 1.79. The molecule has 5 aliphatic rings. The molecule has 0 aromatic rings. The molecule has 6 nitrogen and oxygen atoms in total. The first-order chi connectivity index (χ1) is 9.02. The van der Waals surface area contributed by atoms with Crippen molar-refractivity contribution in [2.45, 2.75) is 0 Å². The van der Waals surface area contributed by atoms with Gasteiger partial charge in [-0.25, -0.2) is 0 Å². The highest BCUT2D eigenvalue weighted by atomic mass is 16.6. The van der Waals surface area contributed by atoms with Gasteiger partial charge in [0.15, 0.2) is 0 Å². The molecule has 19 heavy (non-hydrogen) atoms. The number of amides is 2. The zero-order chi connectivity index (χ0) is 13.5. The van der Waals surface area contributed by atoms with Gasteiger partial charge in [0.25, 0.3) is 0 Å². The van der Waals surface area contributed by atoms with E-state index >= 15 is 0 Å². The molecular formula is C13H11NO5. The second-order valence-corrected chi connectivity index (χ2v) is 5.62. The predicted molar refractivity (Wildman–Crippen MR) is 59.0 cm³/mol. The fraction of sp³-hybridized carbons (Fsp3) is 0.538. The summed E-state index contributed by atoms with van der Waals surface area (Å²) in [5.74, 6) is -4.58. The van der Waals surface area contributed by atoms with Gasteiger partial charge in [0.1, 0.15) is 0 Å². The van der Waals surface area contributed by atoms with E-state index < -0.39 is 35.6 Å². The van der Waals surface area contributed by atoms with Crippen molar-refractivity contribution in [1.29, 1.82) is 0 Å². The molecule has 2 heterocycles. The molecule has 0 unspecified atom stereocenters. The van der Waals surface area contributed by atoms with Gasteiger partial charge in [-0.05, 0) is 0 Å². The number of hydrogen-bond donors (Lipinski definition) is 0. The van der Waals surface area contributed by atoms with E-state index in [-0.39, 0.29) is 23.7 Å². The lowest BCUT2D eigenvalue weighted by atomic mass is 9.54. The molecule has 5 rings (SSSR count). The number of likely N-dealkylation sites (tertiary alicyclic amines) is 1. The quantitative estimate of drug-likeness (QED) is 0.250. The lowest BCUT2D eigenvalue weighted by Crippen LogP contribution is -2.50. The van der Waals surface area contributed by atoms with Crippen LogP contribution in [0.1, 0.15) is 0 Å². The summed E-state index contributed by atoms with van der Waals surface area (Å²) in [4.78, 5) is 49.0. The third-order valence-corrected chi connectivity index (χ3v) is 4.97. The molecule has 3 fully saturated rings. The minimum absolute atomic E-state index is 0.250. The van der Waals surface area contributed by atoms with Gasteiger partial charge in [0.05, 0.1) is 23.7 Å². The van der Waals surface area contributed by atoms with Crippen molar-refractivity contribution in [3.8, 4) is 0 Å². The maximum atomic E-state index is 12.2. The van der Waals surface area contributed by atoms with Gasteiger partial charge in [-0.2, -0.15) is 0 Å². The highest BCUT2D eigenvalue weighted by molar-refractivity contribution is 6.08. The molecule has 3 aliphatic carbocycles. The molecule has 0 aromatic heterocycles. The predicted octanol–water partition coefficient (Wildman–Crippen LogP) is -0.651. The standard InChI is InChI=1S/C13H11NO5/c1-14-10(15)6-4-2-3-5(7(6)11(14)16)9-8(4)12(17)19-13(9)18/h2-9H,1H3/t4-,5+,6+,7-,8-,9+. The molecule has 0 spiro atoms. The molecule has 2 bridgehead atoms. The Morgan fingerprint density at radius 1 is 0.842 bits per heavy atom. The van der Waals surface area contributed by atoms with Crippen LogP contribution in [0.15, 0.2) is 12.2 Å². The maximum absolute atomic E-state index is 12.2. The Labute approximate surface area is 108 Å². The number of rotatable bonds is 0. The molecule has 98 valence electrons. The smallest absolute Gasteiger partial charge is 0.318 e. The number of ether oxygens (including phenoxy) is 1. The number of cyclic esters (lactones) is 2. The molecule has 0 radical (unpaired) electrons. The number of imide groups is 1. The number of nitrogens with zero attached hydrogens (tertiary/aromatic N) is 1. The van der Waals surface area contributed by atoms with Crippen LogP contribution in [0, 0.1) is 35.5 Å². The van der Waals surface area contributed by atoms with Gasteiger partial charge in [-0.1, -0.05) is 12.2 Å². The van der Waals surface area contributed by atoms with Crippen molar-refractivity contribution in [3.63, 3.8) is 0 Å². The van der Waals surface area contributed by atoms with Crippen LogP contribution in [0.25, 0.3) is 0 Å². The third kappa shape index (κ3) is 1.04. The minimum Gasteiger partial charge on any atom is -0.393 e. The number of carbonyl (C=O) groups is 4. The van der Waals surface area contributed by atoms with Crippen LogP contribution in [0.4, 0.5) is 0 Å². The summed E-state index contributed by atoms with van der Waals surface area (Å²) in [6.07, 6.45) is 3.61. The van der Waals surface area contributed by atoms with Crippen LogP contribution in [-0.4, -0.2) is 35.7 Å². The van der Waals surface area contributed by atoms with E-state index in [0.29, 0.717) is 0 Å². The van der Waals surface area contributed by atoms with Gasteiger partial charge in [0.2, 0.25) is 11.8 Å². The Morgan fingerprint density at radius 2 is 1.26 bits per heavy atom. The van der Waals surface area contributed by atoms with Crippen LogP contribution in [-0.2, 0) is 23.9 Å². The lowest BCUT2D eigenvalue weighted by molar-refractivity contribution is -0.154. The van der Waals surface area contributed by atoms with Crippen molar-refractivity contribution in [2.75, 3.05) is 7.05 Å². The van der Waals surface area contributed by atoms with Gasteiger partial charge in [0, 0.05) is 18.9 Å². The second-order valence-electron chi connectivity index (χ2n) is 5.62. The van der Waals surface area contributed by atoms with Crippen LogP contribution < -0.4 is 0 Å². The number of esters is 2. The Balaban J connectivity index is 1.87. The van der Waals surface area contributed by atoms with Gasteiger partial charge < -0.3 is 4.74 Å². The minimum atomic E-state index is -0.591. The zero-order valence-corrected chi connectivity index (χ0v) is 10.1. The van der Waals surface area contributed by atoms with E-state index in [1.807, 2.05) is 0 Å². The van der Waals surface area contributed by atoms with E-state index in [0.717, 1.165) is 4.90 Å². The monoisotopic (exact) mass is 261 g/mol. The highest BCUT2D eigenvalue weighted by Crippen LogP contribution is 2.56. The Hall–Kier alpha value is -1.98. The highest BCUT2D eigenvalue weighted by Gasteiger charge is 2.67. The summed E-state index contributed by atoms with van der Waals surface area (Å²) in [6, 6.07) is 0. The summed E-state index contributed by atoms with van der Waals surface area (Å²) in [7, 11) is 1.46. The molecule has 0 aromatic carbocycles. The van der Waals surface area contributed by atoms with E-state index in [1.54, 1.807) is 12.2 Å². The normalized spacial score (nSPS) is 46.7. The SMILES string of the molecule is CN1C(=O)[C@@H]2[C@@H]3C=C[C@@H]([C@H]4C(=O)OC(=O)[C@@H]34)[C@@H]2C1=O. The van der Waals surface area contributed by atoms with Gasteiger partial charge in [-0.15, -0.1) is 0 Å². The molecule has 2 aliphatic heterocycles. The fourth-order valence-corrected chi connectivity index (χ4v) is 4.17. The number of carbonyl (C=O) groups excluding carboxylic acids is 4. The Bertz CT molecular complexity index is 532. The van der Waals surface area contributed by atoms with Gasteiger partial charge in [-0.3, -0.25) is 24.1 Å². The first kappa shape index (κ1) is 10.9. The summed E-state index contributed by atoms with van der Waals surface area (Å²) in [5, 5.41) is 0. The Morgan fingerprint density at radius 3 is 1.68 bits per heavy atom. The summed E-state index contributed by atoms with van der Waals surface area (Å²) < 4.78 is 4.70. The molecular weight excluding hydrogens is 250 g/mol. The molecule has 6 atom stereocenters. The van der Waals surface area contributed by atoms with E-state index in [9.17, 15) is 19.2 Å². The van der Waals surface area contributed by atoms with Crippen molar-refractivity contribution < 1.29 is 23.9 Å². The first-order valence-electron chi connectivity index (χ1n) is 6.27. The van der Waals surface area contributed by atoms with Crippen LogP contribution in [0.3, 0.4) is 0 Å². The average molecular weight is 261 g/mol. The average Bonchev–Trinajstić information content (AvgIpc) is 2.83. The van der Waals surface area contributed by atoms with Crippen molar-refractivity contribution in [3.05, 3.63) is 12.2 Å². The molecule has 1 saturated carbocycles. The summed E-state index contributed by atoms with van der Waals surface area (Å²) in [5.41, 5.74) is 0. The van der Waals surface area contributed by atoms with E-state index in [4.69, 9.17) is 4.74 Å². The van der Waals surface area contributed by atoms with Crippen LogP contribution in [0.2, 0.25) is 0 Å². The lowest BCUT2D eigenvalue weighted by Gasteiger charge is -2.43. The third-order valence-electron chi connectivity index (χ3n) is 4.97. The van der Waals surface area contributed by atoms with E-state index in [2.05, 4.69) is 0 Å². The largest absolute Gasteiger partial charge is 0.393 e. The second kappa shape index (κ2) is 3.12. The molecule has 2 saturated heterocycles. The van der Waals surface area contributed by atoms with E-state index in [1.165, 1.54) is 7.05 Å². The first-order valence-corrected chi connectivity index (χ1v) is 6.27. The van der Waals surface area contributed by atoms with Crippen molar-refractivity contribution in [1.82, 2.24) is 4.90 Å². The van der Waals surface area contributed by atoms with Crippen LogP contribution >= 0.6 is 0 Å². The fourth-order valence-electron chi connectivity index (χ4n) is 4.17. The molecule has 0 N–H and O–H groups in total. The number of hydrogen-bond acceptors (Lipinski definition) is 5. The van der Waals surface area contributed by atoms with Crippen molar-refractivity contribution in [2.24, 2.45) is 35.5 Å². The summed E-state index contributed by atoms with van der Waals surface area (Å²) in [6.45, 7) is 0. The van der Waals surface area contributed by atoms with Crippen molar-refractivity contribution >= 4 is 23.8 Å². The van der Waals surface area contributed by atoms with Crippen LogP contribution in [0.5, 0.6) is 0 Å².